The normalized spacial score (nSPS) is 21.6. The smallest absolute Gasteiger partial charge is 0.481 e. The van der Waals surface area contributed by atoms with Gasteiger partial charge in [-0.15, -0.1) is 0 Å². The summed E-state index contributed by atoms with van der Waals surface area (Å²) in [6, 6.07) is 1.69. The maximum atomic E-state index is 5.85. The van der Waals surface area contributed by atoms with Crippen LogP contribution in [0.2, 0.25) is 0 Å². The first-order valence-electron chi connectivity index (χ1n) is 5.58. The van der Waals surface area contributed by atoms with Crippen LogP contribution in [0.15, 0.2) is 12.3 Å². The van der Waals surface area contributed by atoms with Crippen molar-refractivity contribution in [2.24, 2.45) is 0 Å². The SMILES string of the molecule is COc1ccnc(B2OC(C)(C)C(C)(C)O2)n1. The fourth-order valence-corrected chi connectivity index (χ4v) is 1.53. The van der Waals surface area contributed by atoms with Gasteiger partial charge in [-0.2, -0.15) is 0 Å². The third kappa shape index (κ3) is 2.15. The quantitative estimate of drug-likeness (QED) is 0.710. The van der Waals surface area contributed by atoms with Crippen LogP contribution in [-0.2, 0) is 9.31 Å². The standard InChI is InChI=1S/C11H17BN2O3/c1-10(2)11(3,4)17-12(16-10)9-13-7-6-8(14-9)15-5/h6-7H,1-5H3. The van der Waals surface area contributed by atoms with Crippen molar-refractivity contribution in [2.75, 3.05) is 7.11 Å². The van der Waals surface area contributed by atoms with Crippen LogP contribution in [0, 0.1) is 0 Å². The zero-order valence-corrected chi connectivity index (χ0v) is 10.9. The van der Waals surface area contributed by atoms with Gasteiger partial charge in [0.05, 0.1) is 18.3 Å². The van der Waals surface area contributed by atoms with E-state index in [2.05, 4.69) is 9.97 Å². The molecule has 0 radical (unpaired) electrons. The van der Waals surface area contributed by atoms with Crippen molar-refractivity contribution in [3.63, 3.8) is 0 Å². The highest BCUT2D eigenvalue weighted by atomic mass is 16.7. The first-order valence-corrected chi connectivity index (χ1v) is 5.58. The molecule has 2 rings (SSSR count). The van der Waals surface area contributed by atoms with Crippen LogP contribution in [-0.4, -0.2) is 35.4 Å². The van der Waals surface area contributed by atoms with E-state index >= 15 is 0 Å². The Morgan fingerprint density at radius 2 is 1.76 bits per heavy atom. The van der Waals surface area contributed by atoms with Gasteiger partial charge in [-0.05, 0) is 27.7 Å². The Hall–Kier alpha value is -1.14. The number of nitrogens with zero attached hydrogens (tertiary/aromatic N) is 2. The molecule has 0 N–H and O–H groups in total. The van der Waals surface area contributed by atoms with E-state index in [0.717, 1.165) is 0 Å². The minimum absolute atomic E-state index is 0.385. The molecule has 0 aliphatic carbocycles. The summed E-state index contributed by atoms with van der Waals surface area (Å²) in [5.74, 6) is 0.504. The van der Waals surface area contributed by atoms with E-state index in [1.807, 2.05) is 27.7 Å². The third-order valence-electron chi connectivity index (χ3n) is 3.32. The molecule has 0 unspecified atom stereocenters. The van der Waals surface area contributed by atoms with Crippen LogP contribution in [0.1, 0.15) is 27.7 Å². The molecule has 0 aromatic carbocycles. The molecular formula is C11H17BN2O3. The van der Waals surface area contributed by atoms with Gasteiger partial charge in [-0.3, -0.25) is 0 Å². The van der Waals surface area contributed by atoms with Crippen molar-refractivity contribution in [3.8, 4) is 5.88 Å². The Morgan fingerprint density at radius 1 is 1.18 bits per heavy atom. The van der Waals surface area contributed by atoms with Gasteiger partial charge in [0.25, 0.3) is 0 Å². The lowest BCUT2D eigenvalue weighted by molar-refractivity contribution is 0.00578. The molecule has 6 heteroatoms. The molecule has 17 heavy (non-hydrogen) atoms. The lowest BCUT2D eigenvalue weighted by Crippen LogP contribution is -2.41. The van der Waals surface area contributed by atoms with Gasteiger partial charge >= 0.3 is 7.12 Å². The summed E-state index contributed by atoms with van der Waals surface area (Å²) in [6.07, 6.45) is 1.63. The first kappa shape index (κ1) is 12.3. The Kier molecular flexibility index (Phi) is 2.87. The second kappa shape index (κ2) is 3.96. The number of rotatable bonds is 2. The summed E-state index contributed by atoms with van der Waals surface area (Å²) in [4.78, 5) is 8.38. The van der Waals surface area contributed by atoms with Crippen molar-refractivity contribution >= 4 is 12.8 Å². The zero-order valence-electron chi connectivity index (χ0n) is 10.9. The van der Waals surface area contributed by atoms with Crippen LogP contribution >= 0.6 is 0 Å². The molecule has 2 heterocycles. The average Bonchev–Trinajstić information content (AvgIpc) is 2.48. The molecule has 0 atom stereocenters. The number of methoxy groups -OCH3 is 1. The molecule has 1 aromatic rings. The van der Waals surface area contributed by atoms with Gasteiger partial charge in [0, 0.05) is 12.3 Å². The maximum absolute atomic E-state index is 5.85. The van der Waals surface area contributed by atoms with Crippen molar-refractivity contribution in [1.82, 2.24) is 9.97 Å². The Morgan fingerprint density at radius 3 is 2.29 bits per heavy atom. The third-order valence-corrected chi connectivity index (χ3v) is 3.32. The highest BCUT2D eigenvalue weighted by molar-refractivity contribution is 6.60. The molecule has 0 bridgehead atoms. The van der Waals surface area contributed by atoms with Gasteiger partial charge < -0.3 is 14.0 Å². The van der Waals surface area contributed by atoms with Crippen LogP contribution in [0.5, 0.6) is 5.88 Å². The number of hydrogen-bond acceptors (Lipinski definition) is 5. The van der Waals surface area contributed by atoms with Gasteiger partial charge in [0.2, 0.25) is 5.88 Å². The Labute approximate surface area is 102 Å². The molecule has 0 amide bonds. The number of aromatic nitrogens is 2. The van der Waals surface area contributed by atoms with Crippen molar-refractivity contribution in [1.29, 1.82) is 0 Å². The molecule has 0 saturated carbocycles. The monoisotopic (exact) mass is 236 g/mol. The molecule has 0 spiro atoms. The zero-order chi connectivity index (χ0) is 12.7. The Bertz CT molecular complexity index is 407. The largest absolute Gasteiger partial charge is 0.534 e. The molecular weight excluding hydrogens is 219 g/mol. The predicted molar refractivity (Wildman–Crippen MR) is 64.3 cm³/mol. The second-order valence-electron chi connectivity index (χ2n) is 5.05. The highest BCUT2D eigenvalue weighted by Crippen LogP contribution is 2.36. The van der Waals surface area contributed by atoms with Crippen molar-refractivity contribution < 1.29 is 14.0 Å². The van der Waals surface area contributed by atoms with E-state index in [1.54, 1.807) is 19.4 Å². The van der Waals surface area contributed by atoms with E-state index in [0.29, 0.717) is 11.6 Å². The lowest BCUT2D eigenvalue weighted by Gasteiger charge is -2.32. The van der Waals surface area contributed by atoms with E-state index in [9.17, 15) is 0 Å². The molecule has 1 aliphatic rings. The van der Waals surface area contributed by atoms with Gasteiger partial charge in [-0.1, -0.05) is 0 Å². The van der Waals surface area contributed by atoms with E-state index in [4.69, 9.17) is 14.0 Å². The van der Waals surface area contributed by atoms with E-state index in [-0.39, 0.29) is 11.2 Å². The van der Waals surface area contributed by atoms with Gasteiger partial charge in [0.15, 0.2) is 5.72 Å². The summed E-state index contributed by atoms with van der Waals surface area (Å²) in [5.41, 5.74) is -0.281. The second-order valence-corrected chi connectivity index (χ2v) is 5.05. The highest BCUT2D eigenvalue weighted by Gasteiger charge is 2.53. The number of ether oxygens (including phenoxy) is 1. The predicted octanol–water partition coefficient (Wildman–Crippen LogP) is 0.784. The summed E-state index contributed by atoms with van der Waals surface area (Å²) >= 11 is 0. The minimum atomic E-state index is -0.546. The molecule has 5 nitrogen and oxygen atoms in total. The van der Waals surface area contributed by atoms with Crippen LogP contribution in [0.25, 0.3) is 0 Å². The maximum Gasteiger partial charge on any atom is 0.534 e. The average molecular weight is 236 g/mol. The fraction of sp³-hybridized carbons (Fsp3) is 0.636. The van der Waals surface area contributed by atoms with E-state index in [1.165, 1.54) is 0 Å². The molecule has 1 saturated heterocycles. The fourth-order valence-electron chi connectivity index (χ4n) is 1.53. The van der Waals surface area contributed by atoms with Gasteiger partial charge in [0.1, 0.15) is 0 Å². The molecule has 92 valence electrons. The minimum Gasteiger partial charge on any atom is -0.481 e. The molecule has 1 fully saturated rings. The Balaban J connectivity index is 2.25. The van der Waals surface area contributed by atoms with Gasteiger partial charge in [-0.25, -0.2) is 9.97 Å². The molecule has 1 aliphatic heterocycles. The first-order chi connectivity index (χ1) is 7.86. The summed E-state index contributed by atoms with van der Waals surface area (Å²) in [5, 5.41) is 0. The summed E-state index contributed by atoms with van der Waals surface area (Å²) in [6.45, 7) is 7.97. The van der Waals surface area contributed by atoms with Crippen LogP contribution in [0.3, 0.4) is 0 Å². The summed E-state index contributed by atoms with van der Waals surface area (Å²) < 4.78 is 16.7. The van der Waals surface area contributed by atoms with Crippen LogP contribution in [0.4, 0.5) is 0 Å². The van der Waals surface area contributed by atoms with E-state index < -0.39 is 7.12 Å². The lowest BCUT2D eigenvalue weighted by atomic mass is 9.89. The van der Waals surface area contributed by atoms with Crippen LogP contribution < -0.4 is 10.5 Å². The number of hydrogen-bond donors (Lipinski definition) is 0. The topological polar surface area (TPSA) is 53.5 Å². The van der Waals surface area contributed by atoms with Crippen molar-refractivity contribution in [3.05, 3.63) is 12.3 Å². The van der Waals surface area contributed by atoms with Crippen molar-refractivity contribution in [2.45, 2.75) is 38.9 Å². The molecule has 1 aromatic heterocycles. The summed E-state index contributed by atoms with van der Waals surface area (Å²) in [7, 11) is 1.02.